The zero-order chi connectivity index (χ0) is 11.4. The van der Waals surface area contributed by atoms with Crippen molar-refractivity contribution >= 4 is 5.78 Å². The zero-order valence-electron chi connectivity index (χ0n) is 9.89. The van der Waals surface area contributed by atoms with Crippen molar-refractivity contribution in [3.8, 4) is 0 Å². The van der Waals surface area contributed by atoms with Gasteiger partial charge in [0.2, 0.25) is 0 Å². The number of methoxy groups -OCH3 is 1. The number of ketones is 1. The molecule has 0 amide bonds. The van der Waals surface area contributed by atoms with Gasteiger partial charge in [0, 0.05) is 13.5 Å². The van der Waals surface area contributed by atoms with Gasteiger partial charge in [0.1, 0.15) is 6.61 Å². The van der Waals surface area contributed by atoms with Crippen LogP contribution in [-0.2, 0) is 16.0 Å². The molecule has 0 bridgehead atoms. The van der Waals surface area contributed by atoms with E-state index in [2.05, 4.69) is 32.9 Å². The summed E-state index contributed by atoms with van der Waals surface area (Å²) in [5.74, 6) is 0.132. The lowest BCUT2D eigenvalue weighted by molar-refractivity contribution is -0.122. The Hall–Kier alpha value is -1.15. The lowest BCUT2D eigenvalue weighted by Gasteiger charge is -2.10. The number of hydrogen-bond donors (Lipinski definition) is 0. The SMILES string of the molecule is COCC(=O)Cc1c(C)cc(C)cc1C. The van der Waals surface area contributed by atoms with Crippen LogP contribution < -0.4 is 0 Å². The highest BCUT2D eigenvalue weighted by molar-refractivity contribution is 5.82. The first-order chi connectivity index (χ1) is 7.04. The number of Topliss-reactive ketones (excluding diaryl/α,β-unsaturated/α-hetero) is 1. The Kier molecular flexibility index (Phi) is 4.04. The van der Waals surface area contributed by atoms with Crippen LogP contribution in [0.2, 0.25) is 0 Å². The number of carbonyl (C=O) groups excluding carboxylic acids is 1. The van der Waals surface area contributed by atoms with Crippen LogP contribution >= 0.6 is 0 Å². The Morgan fingerprint density at radius 2 is 1.73 bits per heavy atom. The van der Waals surface area contributed by atoms with Gasteiger partial charge in [-0.3, -0.25) is 4.79 Å². The van der Waals surface area contributed by atoms with Crippen LogP contribution in [-0.4, -0.2) is 19.5 Å². The van der Waals surface area contributed by atoms with Crippen LogP contribution in [0.4, 0.5) is 0 Å². The molecule has 82 valence electrons. The molecule has 0 spiro atoms. The normalized spacial score (nSPS) is 10.4. The highest BCUT2D eigenvalue weighted by Gasteiger charge is 2.08. The van der Waals surface area contributed by atoms with Gasteiger partial charge in [0.05, 0.1) is 0 Å². The lowest BCUT2D eigenvalue weighted by atomic mass is 9.96. The quantitative estimate of drug-likeness (QED) is 0.756. The van der Waals surface area contributed by atoms with Crippen LogP contribution in [0.15, 0.2) is 12.1 Å². The van der Waals surface area contributed by atoms with Crippen LogP contribution in [0.25, 0.3) is 0 Å². The van der Waals surface area contributed by atoms with Crippen LogP contribution in [0, 0.1) is 20.8 Å². The topological polar surface area (TPSA) is 26.3 Å². The van der Waals surface area contributed by atoms with E-state index in [4.69, 9.17) is 4.74 Å². The van der Waals surface area contributed by atoms with Crippen LogP contribution in [0.1, 0.15) is 22.3 Å². The fourth-order valence-corrected chi connectivity index (χ4v) is 1.90. The van der Waals surface area contributed by atoms with Crippen molar-refractivity contribution in [1.29, 1.82) is 0 Å². The third kappa shape index (κ3) is 3.17. The van der Waals surface area contributed by atoms with Crippen molar-refractivity contribution in [3.05, 3.63) is 34.4 Å². The van der Waals surface area contributed by atoms with E-state index >= 15 is 0 Å². The molecule has 0 aliphatic rings. The number of carbonyl (C=O) groups is 1. The monoisotopic (exact) mass is 206 g/mol. The van der Waals surface area contributed by atoms with E-state index < -0.39 is 0 Å². The van der Waals surface area contributed by atoms with E-state index in [9.17, 15) is 4.79 Å². The van der Waals surface area contributed by atoms with E-state index in [1.807, 2.05) is 0 Å². The Labute approximate surface area is 91.3 Å². The number of ether oxygens (including phenoxy) is 1. The van der Waals surface area contributed by atoms with Crippen molar-refractivity contribution in [2.45, 2.75) is 27.2 Å². The minimum Gasteiger partial charge on any atom is -0.377 e. The molecule has 2 heteroatoms. The fraction of sp³-hybridized carbons (Fsp3) is 0.462. The largest absolute Gasteiger partial charge is 0.377 e. The number of aryl methyl sites for hydroxylation is 3. The molecule has 2 nitrogen and oxygen atoms in total. The van der Waals surface area contributed by atoms with E-state index in [1.165, 1.54) is 16.7 Å². The van der Waals surface area contributed by atoms with Gasteiger partial charge < -0.3 is 4.74 Å². The zero-order valence-corrected chi connectivity index (χ0v) is 9.89. The summed E-state index contributed by atoms with van der Waals surface area (Å²) in [6.45, 7) is 6.37. The number of rotatable bonds is 4. The highest BCUT2D eigenvalue weighted by atomic mass is 16.5. The average Bonchev–Trinajstić information content (AvgIpc) is 2.11. The molecule has 0 radical (unpaired) electrons. The van der Waals surface area contributed by atoms with Gasteiger partial charge in [0.15, 0.2) is 5.78 Å². The first kappa shape index (κ1) is 11.9. The maximum atomic E-state index is 11.5. The third-order valence-corrected chi connectivity index (χ3v) is 2.52. The molecule has 0 saturated carbocycles. The maximum absolute atomic E-state index is 11.5. The second kappa shape index (κ2) is 5.08. The van der Waals surface area contributed by atoms with Gasteiger partial charge in [-0.05, 0) is 37.5 Å². The van der Waals surface area contributed by atoms with Gasteiger partial charge in [-0.2, -0.15) is 0 Å². The van der Waals surface area contributed by atoms with Crippen molar-refractivity contribution in [2.75, 3.05) is 13.7 Å². The van der Waals surface area contributed by atoms with Crippen molar-refractivity contribution in [1.82, 2.24) is 0 Å². The predicted octanol–water partition coefficient (Wildman–Crippen LogP) is 2.37. The Balaban J connectivity index is 2.90. The molecule has 0 heterocycles. The fourth-order valence-electron chi connectivity index (χ4n) is 1.90. The molecule has 15 heavy (non-hydrogen) atoms. The van der Waals surface area contributed by atoms with Gasteiger partial charge in [-0.25, -0.2) is 0 Å². The maximum Gasteiger partial charge on any atom is 0.162 e. The molecule has 0 atom stereocenters. The Morgan fingerprint density at radius 3 is 2.20 bits per heavy atom. The Bertz CT molecular complexity index is 344. The minimum absolute atomic E-state index is 0.132. The summed E-state index contributed by atoms with van der Waals surface area (Å²) in [6, 6.07) is 4.23. The molecule has 1 aromatic carbocycles. The molecule has 1 aromatic rings. The second-order valence-corrected chi connectivity index (χ2v) is 4.03. The summed E-state index contributed by atoms with van der Waals surface area (Å²) in [4.78, 5) is 11.5. The molecule has 0 aliphatic heterocycles. The summed E-state index contributed by atoms with van der Waals surface area (Å²) in [7, 11) is 1.55. The standard InChI is InChI=1S/C13H18O2/c1-9-5-10(2)13(11(3)6-9)7-12(14)8-15-4/h5-6H,7-8H2,1-4H3. The van der Waals surface area contributed by atoms with Crippen molar-refractivity contribution < 1.29 is 9.53 Å². The number of hydrogen-bond acceptors (Lipinski definition) is 2. The smallest absolute Gasteiger partial charge is 0.162 e. The summed E-state index contributed by atoms with van der Waals surface area (Å²) >= 11 is 0. The van der Waals surface area contributed by atoms with E-state index in [1.54, 1.807) is 7.11 Å². The molecule has 0 unspecified atom stereocenters. The molecule has 0 saturated heterocycles. The van der Waals surface area contributed by atoms with Gasteiger partial charge in [-0.15, -0.1) is 0 Å². The number of benzene rings is 1. The summed E-state index contributed by atoms with van der Waals surface area (Å²) < 4.78 is 4.83. The predicted molar refractivity (Wildman–Crippen MR) is 61.2 cm³/mol. The highest BCUT2D eigenvalue weighted by Crippen LogP contribution is 2.17. The van der Waals surface area contributed by atoms with Gasteiger partial charge in [-0.1, -0.05) is 17.7 Å². The summed E-state index contributed by atoms with van der Waals surface area (Å²) in [5, 5.41) is 0. The molecule has 0 N–H and O–H groups in total. The minimum atomic E-state index is 0.132. The first-order valence-corrected chi connectivity index (χ1v) is 5.12. The van der Waals surface area contributed by atoms with Gasteiger partial charge in [0.25, 0.3) is 0 Å². The van der Waals surface area contributed by atoms with Crippen LogP contribution in [0.5, 0.6) is 0 Å². The molecular formula is C13H18O2. The van der Waals surface area contributed by atoms with Crippen LogP contribution in [0.3, 0.4) is 0 Å². The lowest BCUT2D eigenvalue weighted by Crippen LogP contribution is -2.11. The second-order valence-electron chi connectivity index (χ2n) is 4.03. The third-order valence-electron chi connectivity index (χ3n) is 2.52. The van der Waals surface area contributed by atoms with E-state index in [-0.39, 0.29) is 12.4 Å². The summed E-state index contributed by atoms with van der Waals surface area (Å²) in [6.07, 6.45) is 0.478. The van der Waals surface area contributed by atoms with E-state index in [0.717, 1.165) is 5.56 Å². The summed E-state index contributed by atoms with van der Waals surface area (Å²) in [5.41, 5.74) is 4.77. The molecule has 0 aliphatic carbocycles. The average molecular weight is 206 g/mol. The molecular weight excluding hydrogens is 188 g/mol. The Morgan fingerprint density at radius 1 is 1.20 bits per heavy atom. The molecule has 0 aromatic heterocycles. The van der Waals surface area contributed by atoms with Crippen molar-refractivity contribution in [2.24, 2.45) is 0 Å². The van der Waals surface area contributed by atoms with Crippen molar-refractivity contribution in [3.63, 3.8) is 0 Å². The first-order valence-electron chi connectivity index (χ1n) is 5.12. The van der Waals surface area contributed by atoms with E-state index in [0.29, 0.717) is 6.42 Å². The van der Waals surface area contributed by atoms with Gasteiger partial charge >= 0.3 is 0 Å². The molecule has 1 rings (SSSR count). The molecule has 0 fully saturated rings.